The highest BCUT2D eigenvalue weighted by Crippen LogP contribution is 2.49. The van der Waals surface area contributed by atoms with Crippen LogP contribution in [0.1, 0.15) is 19.3 Å². The summed E-state index contributed by atoms with van der Waals surface area (Å²) in [5.74, 6) is -0.286. The van der Waals surface area contributed by atoms with Gasteiger partial charge in [-0.25, -0.2) is 16.8 Å². The first-order chi connectivity index (χ1) is 13.3. The van der Waals surface area contributed by atoms with Crippen LogP contribution in [-0.2, 0) is 19.7 Å². The van der Waals surface area contributed by atoms with Gasteiger partial charge in [-0.05, 0) is 55.4 Å². The first-order valence-electron chi connectivity index (χ1n) is 9.14. The van der Waals surface area contributed by atoms with Crippen molar-refractivity contribution in [1.82, 2.24) is 0 Å². The van der Waals surface area contributed by atoms with Gasteiger partial charge in [0.2, 0.25) is 0 Å². The standard InChI is InChI=1S/C22H24O4S2/c1-3-18-15-16-22(17-19(18)4-2,27(23,24)20-11-7-5-8-12-20)28(25,26)21-13-9-6-10-14-21/h3-14,18-19H,1-2,15-17H2/t18-,19+/m1/s1. The molecule has 0 aliphatic heterocycles. The van der Waals surface area contributed by atoms with Crippen LogP contribution in [0.25, 0.3) is 0 Å². The van der Waals surface area contributed by atoms with Crippen molar-refractivity contribution in [2.24, 2.45) is 11.8 Å². The molecule has 0 heterocycles. The maximum absolute atomic E-state index is 13.7. The topological polar surface area (TPSA) is 68.3 Å². The number of benzene rings is 2. The quantitative estimate of drug-likeness (QED) is 0.654. The van der Waals surface area contributed by atoms with Crippen LogP contribution in [0.4, 0.5) is 0 Å². The van der Waals surface area contributed by atoms with Crippen LogP contribution in [-0.4, -0.2) is 20.9 Å². The highest BCUT2D eigenvalue weighted by molar-refractivity contribution is 8.10. The van der Waals surface area contributed by atoms with E-state index in [0.717, 1.165) is 0 Å². The maximum Gasteiger partial charge on any atom is 0.198 e. The van der Waals surface area contributed by atoms with Crippen molar-refractivity contribution >= 4 is 19.7 Å². The second kappa shape index (κ2) is 7.68. The molecule has 2 aromatic carbocycles. The minimum atomic E-state index is -4.17. The first-order valence-corrected chi connectivity index (χ1v) is 12.1. The van der Waals surface area contributed by atoms with Crippen molar-refractivity contribution in [3.63, 3.8) is 0 Å². The summed E-state index contributed by atoms with van der Waals surface area (Å²) in [6.07, 6.45) is 3.81. The molecule has 0 unspecified atom stereocenters. The zero-order chi connectivity index (χ0) is 20.4. The fourth-order valence-electron chi connectivity index (χ4n) is 4.03. The van der Waals surface area contributed by atoms with E-state index in [2.05, 4.69) is 13.2 Å². The SMILES string of the molecule is C=C[C@@H]1CCC(S(=O)(=O)c2ccccc2)(S(=O)(=O)c2ccccc2)C[C@@H]1C=C. The third-order valence-corrected chi connectivity index (χ3v) is 11.4. The highest BCUT2D eigenvalue weighted by Gasteiger charge is 2.58. The van der Waals surface area contributed by atoms with Gasteiger partial charge in [0, 0.05) is 0 Å². The Morgan fingerprint density at radius 1 is 0.750 bits per heavy atom. The van der Waals surface area contributed by atoms with E-state index in [1.165, 1.54) is 24.3 Å². The first kappa shape index (κ1) is 20.6. The van der Waals surface area contributed by atoms with Crippen LogP contribution in [0.3, 0.4) is 0 Å². The van der Waals surface area contributed by atoms with Gasteiger partial charge in [-0.2, -0.15) is 0 Å². The van der Waals surface area contributed by atoms with E-state index < -0.39 is 23.8 Å². The van der Waals surface area contributed by atoms with Gasteiger partial charge in [0.1, 0.15) is 0 Å². The summed E-state index contributed by atoms with van der Waals surface area (Å²) in [6.45, 7) is 7.64. The third kappa shape index (κ3) is 3.14. The Kier molecular flexibility index (Phi) is 5.64. The Morgan fingerprint density at radius 3 is 1.57 bits per heavy atom. The predicted octanol–water partition coefficient (Wildman–Crippen LogP) is 4.42. The Balaban J connectivity index is 2.27. The average molecular weight is 417 g/mol. The summed E-state index contributed by atoms with van der Waals surface area (Å²) in [6, 6.07) is 15.7. The lowest BCUT2D eigenvalue weighted by molar-refractivity contribution is 0.312. The maximum atomic E-state index is 13.7. The van der Waals surface area contributed by atoms with Crippen molar-refractivity contribution in [3.8, 4) is 0 Å². The molecule has 0 aromatic heterocycles. The van der Waals surface area contributed by atoms with E-state index in [1.807, 2.05) is 0 Å². The van der Waals surface area contributed by atoms with Crippen molar-refractivity contribution in [3.05, 3.63) is 86.0 Å². The molecule has 0 N–H and O–H groups in total. The molecule has 28 heavy (non-hydrogen) atoms. The van der Waals surface area contributed by atoms with E-state index >= 15 is 0 Å². The van der Waals surface area contributed by atoms with E-state index in [1.54, 1.807) is 48.6 Å². The monoisotopic (exact) mass is 416 g/mol. The lowest BCUT2D eigenvalue weighted by Gasteiger charge is -2.41. The summed E-state index contributed by atoms with van der Waals surface area (Å²) < 4.78 is 53.0. The van der Waals surface area contributed by atoms with Crippen molar-refractivity contribution in [1.29, 1.82) is 0 Å². The van der Waals surface area contributed by atoms with Gasteiger partial charge < -0.3 is 0 Å². The molecule has 1 fully saturated rings. The Bertz CT molecular complexity index is 987. The summed E-state index contributed by atoms with van der Waals surface area (Å²) in [4.78, 5) is 0.0451. The van der Waals surface area contributed by atoms with Gasteiger partial charge in [0.25, 0.3) is 0 Å². The molecule has 2 aromatic rings. The molecule has 6 heteroatoms. The van der Waals surface area contributed by atoms with Gasteiger partial charge in [-0.3, -0.25) is 0 Å². The lowest BCUT2D eigenvalue weighted by atomic mass is 9.79. The number of hydrogen-bond acceptors (Lipinski definition) is 4. The Morgan fingerprint density at radius 2 is 1.18 bits per heavy atom. The minimum absolute atomic E-state index is 0.00238. The Labute approximate surface area is 167 Å². The van der Waals surface area contributed by atoms with E-state index in [-0.39, 0.29) is 34.5 Å². The van der Waals surface area contributed by atoms with Gasteiger partial charge in [-0.1, -0.05) is 48.6 Å². The van der Waals surface area contributed by atoms with Crippen LogP contribution in [0, 0.1) is 11.8 Å². The largest absolute Gasteiger partial charge is 0.222 e. The zero-order valence-corrected chi connectivity index (χ0v) is 17.2. The van der Waals surface area contributed by atoms with Gasteiger partial charge in [0.15, 0.2) is 23.8 Å². The molecule has 4 nitrogen and oxygen atoms in total. The van der Waals surface area contributed by atoms with Gasteiger partial charge in [-0.15, -0.1) is 13.2 Å². The molecular weight excluding hydrogens is 392 g/mol. The predicted molar refractivity (Wildman–Crippen MR) is 111 cm³/mol. The van der Waals surface area contributed by atoms with E-state index in [9.17, 15) is 16.8 Å². The Hall–Kier alpha value is -2.18. The number of allylic oxidation sites excluding steroid dienone is 2. The zero-order valence-electron chi connectivity index (χ0n) is 15.6. The van der Waals surface area contributed by atoms with Crippen molar-refractivity contribution < 1.29 is 16.8 Å². The summed E-state index contributed by atoms with van der Waals surface area (Å²) in [5, 5.41) is 0. The molecule has 0 amide bonds. The van der Waals surface area contributed by atoms with Crippen LogP contribution >= 0.6 is 0 Å². The fraction of sp³-hybridized carbons (Fsp3) is 0.273. The third-order valence-electron chi connectivity index (χ3n) is 5.65. The lowest BCUT2D eigenvalue weighted by Crippen LogP contribution is -2.51. The van der Waals surface area contributed by atoms with Crippen LogP contribution in [0.15, 0.2) is 95.8 Å². The molecule has 148 valence electrons. The average Bonchev–Trinajstić information content (AvgIpc) is 2.74. The summed E-state index contributed by atoms with van der Waals surface area (Å²) in [7, 11) is -8.35. The molecule has 0 saturated heterocycles. The summed E-state index contributed by atoms with van der Waals surface area (Å²) >= 11 is 0. The fourth-order valence-corrected chi connectivity index (χ4v) is 9.25. The van der Waals surface area contributed by atoms with Crippen molar-refractivity contribution in [2.75, 3.05) is 0 Å². The molecule has 3 rings (SSSR count). The van der Waals surface area contributed by atoms with Gasteiger partial charge >= 0.3 is 0 Å². The molecule has 1 aliphatic carbocycles. The van der Waals surface area contributed by atoms with E-state index in [4.69, 9.17) is 0 Å². The van der Waals surface area contributed by atoms with Crippen LogP contribution < -0.4 is 0 Å². The second-order valence-corrected chi connectivity index (χ2v) is 11.9. The summed E-state index contributed by atoms with van der Waals surface area (Å²) in [5.41, 5.74) is 0. The second-order valence-electron chi connectivity index (χ2n) is 7.09. The van der Waals surface area contributed by atoms with E-state index in [0.29, 0.717) is 6.42 Å². The molecule has 1 saturated carbocycles. The molecule has 0 bridgehead atoms. The van der Waals surface area contributed by atoms with Crippen LogP contribution in [0.5, 0.6) is 0 Å². The minimum Gasteiger partial charge on any atom is -0.222 e. The van der Waals surface area contributed by atoms with Gasteiger partial charge in [0.05, 0.1) is 9.79 Å². The number of sulfone groups is 2. The highest BCUT2D eigenvalue weighted by atomic mass is 32.3. The van der Waals surface area contributed by atoms with Crippen molar-refractivity contribution in [2.45, 2.75) is 33.1 Å². The molecule has 0 radical (unpaired) electrons. The normalized spacial score (nSPS) is 22.3. The smallest absolute Gasteiger partial charge is 0.198 e. The van der Waals surface area contributed by atoms with Crippen LogP contribution in [0.2, 0.25) is 0 Å². The number of hydrogen-bond donors (Lipinski definition) is 0. The number of rotatable bonds is 6. The molecule has 1 aliphatic rings. The molecule has 0 spiro atoms. The molecule has 2 atom stereocenters. The molecular formula is C22H24O4S2.